The fraction of sp³-hybridized carbons (Fsp3) is 0.375. The fourth-order valence-electron chi connectivity index (χ4n) is 2.59. The molecule has 0 spiro atoms. The molecule has 0 aliphatic carbocycles. The van der Waals surface area contributed by atoms with E-state index in [1.165, 1.54) is 0 Å². The lowest BCUT2D eigenvalue weighted by Crippen LogP contribution is -2.51. The highest BCUT2D eigenvalue weighted by Crippen LogP contribution is 2.15. The highest BCUT2D eigenvalue weighted by atomic mass is 16.5. The van der Waals surface area contributed by atoms with Crippen LogP contribution >= 0.6 is 0 Å². The highest BCUT2D eigenvalue weighted by Gasteiger charge is 2.28. The summed E-state index contributed by atoms with van der Waals surface area (Å²) in [6, 6.07) is 4.66. The average Bonchev–Trinajstić information content (AvgIpc) is 2.60. The predicted molar refractivity (Wildman–Crippen MR) is 83.6 cm³/mol. The maximum Gasteiger partial charge on any atom is 0.329 e. The largest absolute Gasteiger partial charge is 0.480 e. The molecule has 0 unspecified atom stereocenters. The number of carbonyl (C=O) groups is 2. The molecule has 1 fully saturated rings. The topological polar surface area (TPSA) is 111 Å². The molecule has 0 radical (unpaired) electrons. The van der Waals surface area contributed by atoms with Gasteiger partial charge < -0.3 is 19.9 Å². The van der Waals surface area contributed by atoms with Crippen LogP contribution < -0.4 is 5.32 Å². The van der Waals surface area contributed by atoms with Crippen LogP contribution in [0.25, 0.3) is 11.0 Å². The number of carboxylic acid groups (broad SMARTS) is 1. The van der Waals surface area contributed by atoms with Gasteiger partial charge in [-0.3, -0.25) is 14.8 Å². The molecule has 8 heteroatoms. The zero-order chi connectivity index (χ0) is 16.9. The van der Waals surface area contributed by atoms with Crippen molar-refractivity contribution in [3.05, 3.63) is 36.2 Å². The fourth-order valence-corrected chi connectivity index (χ4v) is 2.59. The smallest absolute Gasteiger partial charge is 0.329 e. The molecule has 1 aromatic carbocycles. The molecule has 1 aliphatic rings. The van der Waals surface area contributed by atoms with Crippen molar-refractivity contribution < 1.29 is 24.2 Å². The minimum absolute atomic E-state index is 0.281. The molecule has 2 heterocycles. The van der Waals surface area contributed by atoms with Crippen molar-refractivity contribution in [1.29, 1.82) is 0 Å². The summed E-state index contributed by atoms with van der Waals surface area (Å²) >= 11 is 0. The van der Waals surface area contributed by atoms with E-state index in [0.29, 0.717) is 29.6 Å². The summed E-state index contributed by atoms with van der Waals surface area (Å²) in [4.78, 5) is 31.5. The number of nitrogens with one attached hydrogen (secondary N) is 1. The van der Waals surface area contributed by atoms with E-state index in [2.05, 4.69) is 15.3 Å². The molecule has 2 N–H and O–H groups in total. The minimum atomic E-state index is -1.04. The Bertz CT molecular complexity index is 751. The van der Waals surface area contributed by atoms with E-state index < -0.39 is 18.6 Å². The van der Waals surface area contributed by atoms with Gasteiger partial charge in [0.2, 0.25) is 0 Å². The van der Waals surface area contributed by atoms with Crippen LogP contribution in [0.3, 0.4) is 0 Å². The number of hydrogen-bond acceptors (Lipinski definition) is 6. The Balaban J connectivity index is 1.70. The molecule has 3 rings (SSSR count). The second-order valence-electron chi connectivity index (χ2n) is 5.45. The average molecular weight is 331 g/mol. The third-order valence-electron chi connectivity index (χ3n) is 3.76. The molecule has 1 aliphatic heterocycles. The van der Waals surface area contributed by atoms with E-state index in [-0.39, 0.29) is 18.6 Å². The lowest BCUT2D eigenvalue weighted by atomic mass is 10.1. The number of fused-ring (bicyclic) bond motifs is 1. The van der Waals surface area contributed by atoms with Gasteiger partial charge in [-0.1, -0.05) is 0 Å². The van der Waals surface area contributed by atoms with Crippen LogP contribution in [-0.4, -0.2) is 58.9 Å². The van der Waals surface area contributed by atoms with Gasteiger partial charge in [-0.25, -0.2) is 4.79 Å². The summed E-state index contributed by atoms with van der Waals surface area (Å²) in [5.74, 6) is -1.33. The zero-order valence-corrected chi connectivity index (χ0v) is 12.8. The van der Waals surface area contributed by atoms with Gasteiger partial charge in [-0.2, -0.15) is 0 Å². The number of nitrogens with zero attached hydrogens (tertiary/aromatic N) is 2. The van der Waals surface area contributed by atoms with Crippen molar-refractivity contribution in [3.63, 3.8) is 0 Å². The van der Waals surface area contributed by atoms with Crippen molar-refractivity contribution in [3.8, 4) is 0 Å². The number of benzene rings is 1. The first kappa shape index (κ1) is 16.3. The lowest BCUT2D eigenvalue weighted by molar-refractivity contribution is -0.147. The summed E-state index contributed by atoms with van der Waals surface area (Å²) < 4.78 is 10.7. The Kier molecular flexibility index (Phi) is 4.97. The Labute approximate surface area is 137 Å². The van der Waals surface area contributed by atoms with Crippen molar-refractivity contribution in [1.82, 2.24) is 15.3 Å². The monoisotopic (exact) mass is 331 g/mol. The minimum Gasteiger partial charge on any atom is -0.480 e. The van der Waals surface area contributed by atoms with Crippen LogP contribution in [0, 0.1) is 0 Å². The van der Waals surface area contributed by atoms with E-state index in [1.807, 2.05) is 0 Å². The summed E-state index contributed by atoms with van der Waals surface area (Å²) in [5, 5.41) is 11.6. The number of carbonyl (C=O) groups excluding carboxylic acids is 1. The summed E-state index contributed by atoms with van der Waals surface area (Å²) in [7, 11) is 0. The molecule has 24 heavy (non-hydrogen) atoms. The lowest BCUT2D eigenvalue weighted by Gasteiger charge is -2.31. The van der Waals surface area contributed by atoms with Gasteiger partial charge in [0, 0.05) is 24.6 Å². The zero-order valence-electron chi connectivity index (χ0n) is 12.8. The number of rotatable bonds is 5. The first-order valence-corrected chi connectivity index (χ1v) is 7.56. The molecule has 2 aromatic rings. The van der Waals surface area contributed by atoms with Crippen molar-refractivity contribution >= 4 is 22.9 Å². The second kappa shape index (κ2) is 7.33. The van der Waals surface area contributed by atoms with Gasteiger partial charge in [-0.15, -0.1) is 0 Å². The Morgan fingerprint density at radius 3 is 2.88 bits per heavy atom. The highest BCUT2D eigenvalue weighted by molar-refractivity contribution is 5.97. The van der Waals surface area contributed by atoms with E-state index in [4.69, 9.17) is 14.6 Å². The molecule has 1 amide bonds. The van der Waals surface area contributed by atoms with E-state index in [0.717, 1.165) is 0 Å². The van der Waals surface area contributed by atoms with Crippen LogP contribution in [0.2, 0.25) is 0 Å². The van der Waals surface area contributed by atoms with E-state index in [9.17, 15) is 9.59 Å². The van der Waals surface area contributed by atoms with Gasteiger partial charge in [0.1, 0.15) is 6.61 Å². The Hall–Kier alpha value is -2.58. The van der Waals surface area contributed by atoms with Crippen LogP contribution in [-0.2, 0) is 14.3 Å². The van der Waals surface area contributed by atoms with Crippen LogP contribution in [0.1, 0.15) is 16.8 Å². The van der Waals surface area contributed by atoms with E-state index in [1.54, 1.807) is 30.6 Å². The van der Waals surface area contributed by atoms with Crippen molar-refractivity contribution in [2.24, 2.45) is 0 Å². The molecule has 1 aromatic heterocycles. The quantitative estimate of drug-likeness (QED) is 0.826. The molecule has 8 nitrogen and oxygen atoms in total. The standard InChI is InChI=1S/C16H17N3O5/c20-15(21)9-24-14-3-6-23-8-13(14)19-16(22)10-1-2-11-12(7-10)18-5-4-17-11/h1-2,4-5,7,13-14H,3,6,8-9H2,(H,19,22)(H,20,21)/t13-,14+/m1/s1. The van der Waals surface area contributed by atoms with E-state index >= 15 is 0 Å². The van der Waals surface area contributed by atoms with Gasteiger partial charge in [0.05, 0.1) is 29.8 Å². The van der Waals surface area contributed by atoms with Gasteiger partial charge in [-0.05, 0) is 24.6 Å². The third-order valence-corrected chi connectivity index (χ3v) is 3.76. The normalized spacial score (nSPS) is 20.7. The first-order chi connectivity index (χ1) is 11.6. The van der Waals surface area contributed by atoms with Crippen LogP contribution in [0.15, 0.2) is 30.6 Å². The van der Waals surface area contributed by atoms with Crippen molar-refractivity contribution in [2.75, 3.05) is 19.8 Å². The number of ether oxygens (including phenoxy) is 2. The first-order valence-electron chi connectivity index (χ1n) is 7.56. The number of amides is 1. The summed E-state index contributed by atoms with van der Waals surface area (Å²) in [5.41, 5.74) is 1.78. The summed E-state index contributed by atoms with van der Waals surface area (Å²) in [6.07, 6.45) is 3.29. The molecule has 126 valence electrons. The number of hydrogen-bond donors (Lipinski definition) is 2. The molecular weight excluding hydrogens is 314 g/mol. The van der Waals surface area contributed by atoms with Gasteiger partial charge >= 0.3 is 5.97 Å². The molecule has 0 bridgehead atoms. The molecule has 1 saturated heterocycles. The predicted octanol–water partition coefficient (Wildman–Crippen LogP) is 0.618. The Morgan fingerprint density at radius 2 is 2.08 bits per heavy atom. The molecular formula is C16H17N3O5. The SMILES string of the molecule is O=C(O)CO[C@H]1CCOC[C@H]1NC(=O)c1ccc2nccnc2c1. The van der Waals surface area contributed by atoms with Crippen molar-refractivity contribution in [2.45, 2.75) is 18.6 Å². The third kappa shape index (κ3) is 3.84. The number of aromatic nitrogens is 2. The Morgan fingerprint density at radius 1 is 1.29 bits per heavy atom. The molecule has 2 atom stereocenters. The number of aliphatic carboxylic acids is 1. The maximum atomic E-state index is 12.5. The van der Waals surface area contributed by atoms with Gasteiger partial charge in [0.25, 0.3) is 5.91 Å². The molecule has 0 saturated carbocycles. The van der Waals surface area contributed by atoms with Crippen LogP contribution in [0.4, 0.5) is 0 Å². The maximum absolute atomic E-state index is 12.5. The second-order valence-corrected chi connectivity index (χ2v) is 5.45. The van der Waals surface area contributed by atoms with Gasteiger partial charge in [0.15, 0.2) is 0 Å². The number of carboxylic acids is 1. The van der Waals surface area contributed by atoms with Crippen LogP contribution in [0.5, 0.6) is 0 Å². The summed E-state index contributed by atoms with van der Waals surface area (Å²) in [6.45, 7) is 0.355.